The molecule has 0 aromatic heterocycles. The smallest absolute Gasteiger partial charge is 0.0780 e. The van der Waals surface area contributed by atoms with Crippen molar-refractivity contribution in [2.45, 2.75) is 69.5 Å². The normalized spacial score (nSPS) is 13.9. The fourth-order valence-electron chi connectivity index (χ4n) is 2.07. The van der Waals surface area contributed by atoms with Crippen molar-refractivity contribution in [1.29, 1.82) is 0 Å². The van der Waals surface area contributed by atoms with Crippen LogP contribution in [0.15, 0.2) is 0 Å². The maximum Gasteiger partial charge on any atom is 0.0780 e. The number of rotatable bonds is 11. The first kappa shape index (κ1) is 17.4. The number of nitrogens with zero attached hydrogens (tertiary/aromatic N) is 1. The van der Waals surface area contributed by atoms with Gasteiger partial charge in [0, 0.05) is 4.83 Å². The van der Waals surface area contributed by atoms with E-state index in [1.165, 1.54) is 64.3 Å². The minimum atomic E-state index is 0.761. The first-order chi connectivity index (χ1) is 7.95. The van der Waals surface area contributed by atoms with Crippen LogP contribution in [0.2, 0.25) is 0 Å². The Bertz CT molecular complexity index is 163. The summed E-state index contributed by atoms with van der Waals surface area (Å²) >= 11 is 3.82. The predicted molar refractivity (Wildman–Crippen MR) is 82.8 cm³/mol. The largest absolute Gasteiger partial charge is 0.331 e. The molecule has 17 heavy (non-hydrogen) atoms. The van der Waals surface area contributed by atoms with E-state index in [-0.39, 0.29) is 0 Å². The summed E-state index contributed by atoms with van der Waals surface area (Å²) in [6.07, 6.45) is 12.5. The van der Waals surface area contributed by atoms with Gasteiger partial charge in [-0.3, -0.25) is 0 Å². The molecular weight excluding hydrogens is 274 g/mol. The molecule has 1 nitrogen and oxygen atoms in total. The quantitative estimate of drug-likeness (QED) is 0.287. The van der Waals surface area contributed by atoms with Gasteiger partial charge in [0.05, 0.1) is 27.7 Å². The summed E-state index contributed by atoms with van der Waals surface area (Å²) in [5, 5.41) is 0. The summed E-state index contributed by atoms with van der Waals surface area (Å²) in [4.78, 5) is 0.761. The highest BCUT2D eigenvalue weighted by molar-refractivity contribution is 9.09. The van der Waals surface area contributed by atoms with Gasteiger partial charge in [0.25, 0.3) is 0 Å². The van der Waals surface area contributed by atoms with Crippen molar-refractivity contribution in [2.75, 3.05) is 27.7 Å². The predicted octanol–water partition coefficient (Wildman–Crippen LogP) is 4.99. The Morgan fingerprint density at radius 1 is 0.824 bits per heavy atom. The van der Waals surface area contributed by atoms with Crippen molar-refractivity contribution in [3.05, 3.63) is 0 Å². The third-order valence-electron chi connectivity index (χ3n) is 3.22. The molecule has 0 aliphatic heterocycles. The first-order valence-electron chi connectivity index (χ1n) is 7.40. The lowest BCUT2D eigenvalue weighted by molar-refractivity contribution is -0.870. The highest BCUT2D eigenvalue weighted by Crippen LogP contribution is 2.18. The molecule has 0 aliphatic carbocycles. The van der Waals surface area contributed by atoms with Crippen LogP contribution in [0.4, 0.5) is 0 Å². The average Bonchev–Trinajstić information content (AvgIpc) is 2.23. The third-order valence-corrected chi connectivity index (χ3v) is 4.13. The Labute approximate surface area is 118 Å². The van der Waals surface area contributed by atoms with Crippen LogP contribution < -0.4 is 0 Å². The van der Waals surface area contributed by atoms with Gasteiger partial charge in [-0.25, -0.2) is 0 Å². The monoisotopic (exact) mass is 306 g/mol. The van der Waals surface area contributed by atoms with Crippen molar-refractivity contribution in [2.24, 2.45) is 0 Å². The van der Waals surface area contributed by atoms with Gasteiger partial charge in [0.1, 0.15) is 0 Å². The number of hydrogen-bond acceptors (Lipinski definition) is 0. The number of unbranched alkanes of at least 4 members (excludes halogenated alkanes) is 5. The van der Waals surface area contributed by atoms with E-state index in [0.717, 1.165) is 9.31 Å². The van der Waals surface area contributed by atoms with Crippen LogP contribution in [-0.4, -0.2) is 37.0 Å². The summed E-state index contributed by atoms with van der Waals surface area (Å²) < 4.78 is 1.10. The van der Waals surface area contributed by atoms with E-state index < -0.39 is 0 Å². The molecule has 0 saturated carbocycles. The topological polar surface area (TPSA) is 0 Å². The maximum atomic E-state index is 3.82. The molecule has 1 unspecified atom stereocenters. The summed E-state index contributed by atoms with van der Waals surface area (Å²) in [6, 6.07) is 0. The molecule has 0 spiro atoms. The van der Waals surface area contributed by atoms with E-state index in [4.69, 9.17) is 0 Å². The van der Waals surface area contributed by atoms with E-state index in [9.17, 15) is 0 Å². The molecule has 0 bridgehead atoms. The minimum absolute atomic E-state index is 0.761. The molecule has 0 aromatic carbocycles. The number of quaternary nitrogens is 1. The van der Waals surface area contributed by atoms with Crippen LogP contribution in [0.5, 0.6) is 0 Å². The van der Waals surface area contributed by atoms with Crippen LogP contribution in [0.1, 0.15) is 64.7 Å². The Hall–Kier alpha value is 0.440. The van der Waals surface area contributed by atoms with Crippen molar-refractivity contribution in [3.63, 3.8) is 0 Å². The van der Waals surface area contributed by atoms with Crippen LogP contribution in [0, 0.1) is 0 Å². The van der Waals surface area contributed by atoms with E-state index >= 15 is 0 Å². The van der Waals surface area contributed by atoms with Crippen molar-refractivity contribution < 1.29 is 4.48 Å². The summed E-state index contributed by atoms with van der Waals surface area (Å²) in [6.45, 7) is 3.58. The molecule has 0 radical (unpaired) electrons. The second kappa shape index (κ2) is 10.4. The van der Waals surface area contributed by atoms with Crippen LogP contribution >= 0.6 is 15.9 Å². The molecule has 0 aromatic rings. The Morgan fingerprint density at radius 3 is 1.88 bits per heavy atom. The van der Waals surface area contributed by atoms with Gasteiger partial charge < -0.3 is 4.48 Å². The van der Waals surface area contributed by atoms with Crippen LogP contribution in [0.25, 0.3) is 0 Å². The number of hydrogen-bond donors (Lipinski definition) is 0. The molecule has 0 N–H and O–H groups in total. The van der Waals surface area contributed by atoms with Gasteiger partial charge >= 0.3 is 0 Å². The van der Waals surface area contributed by atoms with Gasteiger partial charge in [0.15, 0.2) is 0 Å². The lowest BCUT2D eigenvalue weighted by Gasteiger charge is -2.23. The zero-order valence-corrected chi connectivity index (χ0v) is 14.1. The summed E-state index contributed by atoms with van der Waals surface area (Å²) in [5.41, 5.74) is 0. The Kier molecular flexibility index (Phi) is 10.6. The molecule has 0 aliphatic rings. The zero-order valence-electron chi connectivity index (χ0n) is 12.5. The standard InChI is InChI=1S/C15H33BrN/c1-5-6-7-8-9-12-15(16)13-10-11-14-17(2,3)4/h15H,5-14H2,1-4H3/q+1. The first-order valence-corrected chi connectivity index (χ1v) is 8.32. The van der Waals surface area contributed by atoms with E-state index in [1.54, 1.807) is 0 Å². The molecule has 0 saturated heterocycles. The van der Waals surface area contributed by atoms with Gasteiger partial charge in [-0.1, -0.05) is 55.0 Å². The van der Waals surface area contributed by atoms with E-state index in [1.807, 2.05) is 0 Å². The van der Waals surface area contributed by atoms with Crippen LogP contribution in [0.3, 0.4) is 0 Å². The van der Waals surface area contributed by atoms with Gasteiger partial charge in [-0.2, -0.15) is 0 Å². The maximum absolute atomic E-state index is 3.82. The molecule has 1 atom stereocenters. The molecule has 2 heteroatoms. The molecule has 0 fully saturated rings. The Balaban J connectivity index is 3.26. The molecular formula is C15H33BrN+. The highest BCUT2D eigenvalue weighted by Gasteiger charge is 2.08. The number of alkyl halides is 1. The van der Waals surface area contributed by atoms with E-state index in [0.29, 0.717) is 0 Å². The molecule has 0 rings (SSSR count). The number of halogens is 1. The van der Waals surface area contributed by atoms with Gasteiger partial charge in [0.2, 0.25) is 0 Å². The van der Waals surface area contributed by atoms with Gasteiger partial charge in [-0.15, -0.1) is 0 Å². The third kappa shape index (κ3) is 14.4. The van der Waals surface area contributed by atoms with Crippen molar-refractivity contribution in [3.8, 4) is 0 Å². The van der Waals surface area contributed by atoms with E-state index in [2.05, 4.69) is 44.0 Å². The second-order valence-corrected chi connectivity index (χ2v) is 7.60. The summed E-state index contributed by atoms with van der Waals surface area (Å²) in [5.74, 6) is 0. The summed E-state index contributed by atoms with van der Waals surface area (Å²) in [7, 11) is 6.83. The SMILES string of the molecule is CCCCCCCC(Br)CCCC[N+](C)(C)C. The lowest BCUT2D eigenvalue weighted by Crippen LogP contribution is -2.35. The average molecular weight is 307 g/mol. The van der Waals surface area contributed by atoms with Crippen molar-refractivity contribution in [1.82, 2.24) is 0 Å². The fraction of sp³-hybridized carbons (Fsp3) is 1.00. The zero-order chi connectivity index (χ0) is 13.1. The van der Waals surface area contributed by atoms with Crippen LogP contribution in [-0.2, 0) is 0 Å². The lowest BCUT2D eigenvalue weighted by atomic mass is 10.1. The fourth-order valence-corrected chi connectivity index (χ4v) is 2.71. The molecule has 104 valence electrons. The highest BCUT2D eigenvalue weighted by atomic mass is 79.9. The molecule has 0 amide bonds. The second-order valence-electron chi connectivity index (χ2n) is 6.31. The van der Waals surface area contributed by atoms with Crippen molar-refractivity contribution >= 4 is 15.9 Å². The molecule has 0 heterocycles. The Morgan fingerprint density at radius 2 is 1.35 bits per heavy atom. The van der Waals surface area contributed by atoms with Gasteiger partial charge in [-0.05, 0) is 25.7 Å². The minimum Gasteiger partial charge on any atom is -0.331 e.